The summed E-state index contributed by atoms with van der Waals surface area (Å²) in [5.41, 5.74) is 4.88. The molecule has 0 aromatic heterocycles. The Balaban J connectivity index is 4.39. The molecule has 0 heterocycles. The Kier molecular flexibility index (Phi) is 6.80. The second-order valence-corrected chi connectivity index (χ2v) is 5.08. The van der Waals surface area contributed by atoms with Crippen molar-refractivity contribution < 1.29 is 14.3 Å². The van der Waals surface area contributed by atoms with E-state index in [4.69, 9.17) is 5.73 Å². The van der Waals surface area contributed by atoms with Crippen LogP contribution in [-0.2, 0) is 14.3 Å². The molecule has 0 saturated carbocycles. The number of esters is 1. The number of carbonyl (C=O) groups is 2. The van der Waals surface area contributed by atoms with Crippen molar-refractivity contribution in [3.8, 4) is 0 Å². The van der Waals surface area contributed by atoms with Crippen molar-refractivity contribution in [2.24, 2.45) is 11.1 Å². The summed E-state index contributed by atoms with van der Waals surface area (Å²) in [6.45, 7) is 5.99. The number of amides is 1. The lowest BCUT2D eigenvalue weighted by Crippen LogP contribution is -2.46. The largest absolute Gasteiger partial charge is 0.467 e. The van der Waals surface area contributed by atoms with Crippen LogP contribution < -0.4 is 11.1 Å². The monoisotopic (exact) mass is 244 g/mol. The van der Waals surface area contributed by atoms with Gasteiger partial charge in [-0.2, -0.15) is 0 Å². The van der Waals surface area contributed by atoms with E-state index in [1.54, 1.807) is 20.8 Å². The van der Waals surface area contributed by atoms with E-state index >= 15 is 0 Å². The molecule has 0 fully saturated rings. The second kappa shape index (κ2) is 7.27. The van der Waals surface area contributed by atoms with E-state index in [0.29, 0.717) is 13.0 Å². The van der Waals surface area contributed by atoms with Crippen molar-refractivity contribution in [3.05, 3.63) is 0 Å². The number of methoxy groups -OCH3 is 1. The lowest BCUT2D eigenvalue weighted by Gasteiger charge is -2.22. The number of nitrogens with one attached hydrogen (secondary N) is 1. The summed E-state index contributed by atoms with van der Waals surface area (Å²) in [6, 6.07) is -0.571. The van der Waals surface area contributed by atoms with Crippen LogP contribution in [0.25, 0.3) is 0 Å². The van der Waals surface area contributed by atoms with Gasteiger partial charge in [-0.05, 0) is 25.8 Å². The summed E-state index contributed by atoms with van der Waals surface area (Å²) in [5, 5.41) is 2.71. The Bertz CT molecular complexity index is 259. The van der Waals surface area contributed by atoms with Crippen molar-refractivity contribution in [3.63, 3.8) is 0 Å². The van der Waals surface area contributed by atoms with Crippen LogP contribution in [0.5, 0.6) is 0 Å². The maximum Gasteiger partial charge on any atom is 0.328 e. The summed E-state index contributed by atoms with van der Waals surface area (Å²) in [7, 11) is 1.32. The molecule has 0 saturated heterocycles. The highest BCUT2D eigenvalue weighted by molar-refractivity contribution is 5.87. The van der Waals surface area contributed by atoms with Gasteiger partial charge in [0.2, 0.25) is 5.91 Å². The van der Waals surface area contributed by atoms with Gasteiger partial charge in [0.25, 0.3) is 0 Å². The zero-order chi connectivity index (χ0) is 13.5. The van der Waals surface area contributed by atoms with Crippen LogP contribution >= 0.6 is 0 Å². The number of rotatable bonds is 6. The van der Waals surface area contributed by atoms with Crippen LogP contribution in [0.15, 0.2) is 0 Å². The molecule has 3 N–H and O–H groups in total. The van der Waals surface area contributed by atoms with E-state index < -0.39 is 17.4 Å². The fraction of sp³-hybridized carbons (Fsp3) is 0.833. The molecule has 5 heteroatoms. The third kappa shape index (κ3) is 6.26. The third-order valence-electron chi connectivity index (χ3n) is 2.42. The SMILES string of the molecule is COC(=O)[C@H](CCCCN)NC(=O)C(C)(C)C. The quantitative estimate of drug-likeness (QED) is 0.535. The average Bonchev–Trinajstić information content (AvgIpc) is 2.25. The summed E-state index contributed by atoms with van der Waals surface area (Å²) >= 11 is 0. The molecule has 0 aromatic carbocycles. The highest BCUT2D eigenvalue weighted by atomic mass is 16.5. The first kappa shape index (κ1) is 15.9. The Morgan fingerprint density at radius 2 is 1.88 bits per heavy atom. The third-order valence-corrected chi connectivity index (χ3v) is 2.42. The summed E-state index contributed by atoms with van der Waals surface area (Å²) < 4.78 is 4.67. The highest BCUT2D eigenvalue weighted by Gasteiger charge is 2.27. The minimum atomic E-state index is -0.571. The minimum absolute atomic E-state index is 0.152. The van der Waals surface area contributed by atoms with E-state index in [2.05, 4.69) is 10.1 Å². The van der Waals surface area contributed by atoms with Crippen LogP contribution in [-0.4, -0.2) is 31.6 Å². The maximum absolute atomic E-state index is 11.8. The molecule has 0 aliphatic rings. The molecular formula is C12H24N2O3. The minimum Gasteiger partial charge on any atom is -0.467 e. The van der Waals surface area contributed by atoms with Crippen molar-refractivity contribution in [1.29, 1.82) is 0 Å². The Labute approximate surface area is 103 Å². The topological polar surface area (TPSA) is 81.4 Å². The number of hydrogen-bond donors (Lipinski definition) is 2. The first-order chi connectivity index (χ1) is 7.82. The molecule has 5 nitrogen and oxygen atoms in total. The first-order valence-electron chi connectivity index (χ1n) is 5.91. The fourth-order valence-electron chi connectivity index (χ4n) is 1.26. The molecule has 0 unspecified atom stereocenters. The molecule has 0 spiro atoms. The van der Waals surface area contributed by atoms with E-state index in [0.717, 1.165) is 12.8 Å². The zero-order valence-electron chi connectivity index (χ0n) is 11.2. The van der Waals surface area contributed by atoms with Crippen molar-refractivity contribution in [2.75, 3.05) is 13.7 Å². The number of hydrogen-bond acceptors (Lipinski definition) is 4. The molecular weight excluding hydrogens is 220 g/mol. The summed E-state index contributed by atoms with van der Waals surface area (Å²) in [6.07, 6.45) is 2.19. The van der Waals surface area contributed by atoms with Crippen molar-refractivity contribution in [1.82, 2.24) is 5.32 Å². The predicted octanol–water partition coefficient (Wildman–Crippen LogP) is 0.819. The fourth-order valence-corrected chi connectivity index (χ4v) is 1.26. The molecule has 0 aromatic rings. The molecule has 0 aliphatic heterocycles. The molecule has 0 bridgehead atoms. The van der Waals surface area contributed by atoms with Gasteiger partial charge in [0.1, 0.15) is 6.04 Å². The van der Waals surface area contributed by atoms with Gasteiger partial charge >= 0.3 is 5.97 Å². The van der Waals surface area contributed by atoms with E-state index in [-0.39, 0.29) is 5.91 Å². The lowest BCUT2D eigenvalue weighted by atomic mass is 9.95. The van der Waals surface area contributed by atoms with Gasteiger partial charge in [-0.15, -0.1) is 0 Å². The van der Waals surface area contributed by atoms with E-state index in [1.807, 2.05) is 0 Å². The van der Waals surface area contributed by atoms with Gasteiger partial charge in [0, 0.05) is 5.41 Å². The number of carbonyl (C=O) groups excluding carboxylic acids is 2. The van der Waals surface area contributed by atoms with Gasteiger partial charge in [0.15, 0.2) is 0 Å². The summed E-state index contributed by atoms with van der Waals surface area (Å²) in [4.78, 5) is 23.3. The lowest BCUT2D eigenvalue weighted by molar-refractivity contribution is -0.146. The van der Waals surface area contributed by atoms with Crippen LogP contribution in [0, 0.1) is 5.41 Å². The Hall–Kier alpha value is -1.10. The van der Waals surface area contributed by atoms with Gasteiger partial charge in [-0.25, -0.2) is 4.79 Å². The van der Waals surface area contributed by atoms with E-state index in [1.165, 1.54) is 7.11 Å². The van der Waals surface area contributed by atoms with Crippen molar-refractivity contribution in [2.45, 2.75) is 46.1 Å². The Morgan fingerprint density at radius 1 is 1.29 bits per heavy atom. The van der Waals surface area contributed by atoms with Crippen LogP contribution in [0.2, 0.25) is 0 Å². The van der Waals surface area contributed by atoms with Crippen LogP contribution in [0.3, 0.4) is 0 Å². The van der Waals surface area contributed by atoms with Gasteiger partial charge in [0.05, 0.1) is 7.11 Å². The van der Waals surface area contributed by atoms with Crippen LogP contribution in [0.4, 0.5) is 0 Å². The number of unbranched alkanes of at least 4 members (excludes halogenated alkanes) is 1. The number of ether oxygens (including phenoxy) is 1. The molecule has 0 aliphatic carbocycles. The molecule has 1 atom stereocenters. The molecule has 17 heavy (non-hydrogen) atoms. The smallest absolute Gasteiger partial charge is 0.328 e. The first-order valence-corrected chi connectivity index (χ1v) is 5.91. The van der Waals surface area contributed by atoms with Gasteiger partial charge in [-0.3, -0.25) is 4.79 Å². The second-order valence-electron chi connectivity index (χ2n) is 5.08. The average molecular weight is 244 g/mol. The van der Waals surface area contributed by atoms with Crippen LogP contribution in [0.1, 0.15) is 40.0 Å². The van der Waals surface area contributed by atoms with Gasteiger partial charge < -0.3 is 15.8 Å². The normalized spacial score (nSPS) is 13.0. The zero-order valence-corrected chi connectivity index (χ0v) is 11.2. The molecule has 0 radical (unpaired) electrons. The molecule has 100 valence electrons. The molecule has 0 rings (SSSR count). The predicted molar refractivity (Wildman–Crippen MR) is 66.3 cm³/mol. The standard InChI is InChI=1S/C12H24N2O3/c1-12(2,3)11(16)14-9(10(15)17-4)7-5-6-8-13/h9H,5-8,13H2,1-4H3,(H,14,16)/t9-/m0/s1. The number of nitrogens with two attached hydrogens (primary N) is 1. The highest BCUT2D eigenvalue weighted by Crippen LogP contribution is 2.14. The van der Waals surface area contributed by atoms with Crippen molar-refractivity contribution >= 4 is 11.9 Å². The Morgan fingerprint density at radius 3 is 2.29 bits per heavy atom. The summed E-state index contributed by atoms with van der Waals surface area (Å²) in [5.74, 6) is -0.555. The van der Waals surface area contributed by atoms with Gasteiger partial charge in [-0.1, -0.05) is 20.8 Å². The van der Waals surface area contributed by atoms with E-state index in [9.17, 15) is 9.59 Å². The maximum atomic E-state index is 11.8. The molecule has 1 amide bonds.